The molecule has 108 valence electrons. The van der Waals surface area contributed by atoms with Crippen LogP contribution in [0.3, 0.4) is 0 Å². The van der Waals surface area contributed by atoms with Crippen LogP contribution >= 0.6 is 11.3 Å². The first-order valence-corrected chi connectivity index (χ1v) is 7.52. The van der Waals surface area contributed by atoms with Crippen LogP contribution < -0.4 is 0 Å². The number of aromatic nitrogens is 4. The van der Waals surface area contributed by atoms with Gasteiger partial charge >= 0.3 is 5.97 Å². The number of tetrazole rings is 1. The second kappa shape index (κ2) is 7.14. The molecule has 0 spiro atoms. The van der Waals surface area contributed by atoms with Crippen molar-refractivity contribution in [1.29, 1.82) is 0 Å². The molecule has 2 aromatic heterocycles. The lowest BCUT2D eigenvalue weighted by molar-refractivity contribution is -0.138. The second-order valence-electron chi connectivity index (χ2n) is 4.91. The molecule has 1 atom stereocenters. The number of nitrogens with zero attached hydrogens (tertiary/aromatic N) is 4. The van der Waals surface area contributed by atoms with Crippen LogP contribution in [0, 0.1) is 5.92 Å². The molecule has 0 aliphatic heterocycles. The van der Waals surface area contributed by atoms with Crippen molar-refractivity contribution in [2.24, 2.45) is 5.92 Å². The van der Waals surface area contributed by atoms with Gasteiger partial charge in [0.05, 0.1) is 0 Å². The van der Waals surface area contributed by atoms with Crippen molar-refractivity contribution in [2.75, 3.05) is 0 Å². The van der Waals surface area contributed by atoms with Crippen LogP contribution in [0.2, 0.25) is 0 Å². The van der Waals surface area contributed by atoms with Crippen LogP contribution in [-0.2, 0) is 24.2 Å². The SMILES string of the molecule is CC(CC(=O)O)Cn1nnnc1CCCc1cccs1. The van der Waals surface area contributed by atoms with Gasteiger partial charge in [-0.1, -0.05) is 13.0 Å². The summed E-state index contributed by atoms with van der Waals surface area (Å²) in [6.07, 6.45) is 2.96. The van der Waals surface area contributed by atoms with E-state index in [0.717, 1.165) is 25.1 Å². The van der Waals surface area contributed by atoms with Gasteiger partial charge in [0.15, 0.2) is 5.82 Å². The maximum Gasteiger partial charge on any atom is 0.303 e. The van der Waals surface area contributed by atoms with Gasteiger partial charge in [0.2, 0.25) is 0 Å². The van der Waals surface area contributed by atoms with Crippen molar-refractivity contribution >= 4 is 17.3 Å². The molecule has 2 rings (SSSR count). The standard InChI is InChI=1S/C13H18N4O2S/c1-10(8-13(18)19)9-17-12(14-15-16-17)6-2-4-11-5-3-7-20-11/h3,5,7,10H,2,4,6,8-9H2,1H3,(H,18,19). The Morgan fingerprint density at radius 1 is 1.50 bits per heavy atom. The monoisotopic (exact) mass is 294 g/mol. The Bertz CT molecular complexity index is 538. The van der Waals surface area contributed by atoms with E-state index in [2.05, 4.69) is 33.0 Å². The molecule has 0 amide bonds. The van der Waals surface area contributed by atoms with Gasteiger partial charge in [0.1, 0.15) is 0 Å². The highest BCUT2D eigenvalue weighted by molar-refractivity contribution is 7.09. The summed E-state index contributed by atoms with van der Waals surface area (Å²) in [5, 5.41) is 22.5. The fourth-order valence-electron chi connectivity index (χ4n) is 2.08. The summed E-state index contributed by atoms with van der Waals surface area (Å²) in [5.41, 5.74) is 0. The van der Waals surface area contributed by atoms with E-state index in [1.54, 1.807) is 16.0 Å². The minimum atomic E-state index is -0.787. The van der Waals surface area contributed by atoms with Gasteiger partial charge in [0.25, 0.3) is 0 Å². The highest BCUT2D eigenvalue weighted by Crippen LogP contribution is 2.13. The minimum absolute atomic E-state index is 0.0204. The molecule has 0 saturated heterocycles. The lowest BCUT2D eigenvalue weighted by atomic mass is 10.1. The maximum absolute atomic E-state index is 10.7. The molecule has 2 aromatic rings. The van der Waals surface area contributed by atoms with Gasteiger partial charge < -0.3 is 5.11 Å². The van der Waals surface area contributed by atoms with Crippen molar-refractivity contribution in [3.8, 4) is 0 Å². The molecule has 6 nitrogen and oxygen atoms in total. The van der Waals surface area contributed by atoms with Gasteiger partial charge in [-0.05, 0) is 40.6 Å². The van der Waals surface area contributed by atoms with Gasteiger partial charge in [-0.3, -0.25) is 4.79 Å². The number of thiophene rings is 1. The van der Waals surface area contributed by atoms with Gasteiger partial charge in [-0.2, -0.15) is 0 Å². The molecule has 2 heterocycles. The number of aliphatic carboxylic acids is 1. The number of carbonyl (C=O) groups is 1. The smallest absolute Gasteiger partial charge is 0.303 e. The summed E-state index contributed by atoms with van der Waals surface area (Å²) in [6.45, 7) is 2.44. The summed E-state index contributed by atoms with van der Waals surface area (Å²) in [6, 6.07) is 4.18. The average molecular weight is 294 g/mol. The van der Waals surface area contributed by atoms with E-state index in [1.165, 1.54) is 4.88 Å². The largest absolute Gasteiger partial charge is 0.481 e. The molecule has 7 heteroatoms. The van der Waals surface area contributed by atoms with E-state index in [4.69, 9.17) is 5.11 Å². The zero-order valence-corrected chi connectivity index (χ0v) is 12.2. The zero-order valence-electron chi connectivity index (χ0n) is 11.4. The summed E-state index contributed by atoms with van der Waals surface area (Å²) in [4.78, 5) is 12.0. The average Bonchev–Trinajstić information content (AvgIpc) is 3.01. The number of carboxylic acid groups (broad SMARTS) is 1. The Balaban J connectivity index is 1.83. The Hall–Kier alpha value is -1.76. The maximum atomic E-state index is 10.7. The van der Waals surface area contributed by atoms with E-state index < -0.39 is 5.97 Å². The Morgan fingerprint density at radius 2 is 2.35 bits per heavy atom. The second-order valence-corrected chi connectivity index (χ2v) is 5.95. The molecule has 0 aliphatic carbocycles. The van der Waals surface area contributed by atoms with E-state index in [9.17, 15) is 4.79 Å². The van der Waals surface area contributed by atoms with Crippen LogP contribution in [0.15, 0.2) is 17.5 Å². The van der Waals surface area contributed by atoms with E-state index >= 15 is 0 Å². The number of hydrogen-bond acceptors (Lipinski definition) is 5. The lowest BCUT2D eigenvalue weighted by Crippen LogP contribution is -2.15. The molecule has 0 radical (unpaired) electrons. The van der Waals surface area contributed by atoms with Crippen LogP contribution in [-0.4, -0.2) is 31.3 Å². The first-order chi connectivity index (χ1) is 9.65. The van der Waals surface area contributed by atoms with Crippen molar-refractivity contribution < 1.29 is 9.90 Å². The van der Waals surface area contributed by atoms with Crippen molar-refractivity contribution in [1.82, 2.24) is 20.2 Å². The normalized spacial score (nSPS) is 12.4. The zero-order chi connectivity index (χ0) is 14.4. The van der Waals surface area contributed by atoms with Gasteiger partial charge in [-0.25, -0.2) is 4.68 Å². The van der Waals surface area contributed by atoms with Crippen LogP contribution in [0.1, 0.15) is 30.5 Å². The Morgan fingerprint density at radius 3 is 3.05 bits per heavy atom. The quantitative estimate of drug-likeness (QED) is 0.805. The molecular formula is C13H18N4O2S. The van der Waals surface area contributed by atoms with Crippen molar-refractivity contribution in [2.45, 2.75) is 39.2 Å². The molecule has 20 heavy (non-hydrogen) atoms. The number of rotatable bonds is 8. The molecule has 0 aromatic carbocycles. The highest BCUT2D eigenvalue weighted by Gasteiger charge is 2.12. The van der Waals surface area contributed by atoms with Gasteiger partial charge in [-0.15, -0.1) is 16.4 Å². The summed E-state index contributed by atoms with van der Waals surface area (Å²) < 4.78 is 1.72. The number of carboxylic acids is 1. The third-order valence-corrected chi connectivity index (χ3v) is 3.95. The third kappa shape index (κ3) is 4.41. The molecular weight excluding hydrogens is 276 g/mol. The van der Waals surface area contributed by atoms with Gasteiger partial charge in [0, 0.05) is 24.3 Å². The van der Waals surface area contributed by atoms with Crippen LogP contribution in [0.5, 0.6) is 0 Å². The molecule has 0 aliphatic rings. The minimum Gasteiger partial charge on any atom is -0.481 e. The Labute approximate surface area is 121 Å². The first kappa shape index (κ1) is 14.6. The lowest BCUT2D eigenvalue weighted by Gasteiger charge is -2.09. The predicted octanol–water partition coefficient (Wildman–Crippen LogP) is 2.02. The van der Waals surface area contributed by atoms with E-state index in [0.29, 0.717) is 6.54 Å². The topological polar surface area (TPSA) is 80.9 Å². The first-order valence-electron chi connectivity index (χ1n) is 6.64. The van der Waals surface area contributed by atoms with Crippen molar-refractivity contribution in [3.05, 3.63) is 28.2 Å². The fraction of sp³-hybridized carbons (Fsp3) is 0.538. The van der Waals surface area contributed by atoms with Crippen LogP contribution in [0.25, 0.3) is 0 Å². The number of hydrogen-bond donors (Lipinski definition) is 1. The summed E-state index contributed by atoms with van der Waals surface area (Å²) >= 11 is 1.76. The molecule has 0 fully saturated rings. The molecule has 1 unspecified atom stereocenters. The van der Waals surface area contributed by atoms with E-state index in [-0.39, 0.29) is 12.3 Å². The molecule has 1 N–H and O–H groups in total. The molecule has 0 saturated carbocycles. The number of aryl methyl sites for hydroxylation is 2. The fourth-order valence-corrected chi connectivity index (χ4v) is 2.83. The Kier molecular flexibility index (Phi) is 5.23. The summed E-state index contributed by atoms with van der Waals surface area (Å²) in [7, 11) is 0. The highest BCUT2D eigenvalue weighted by atomic mass is 32.1. The summed E-state index contributed by atoms with van der Waals surface area (Å²) in [5.74, 6) is 0.0654. The predicted molar refractivity (Wildman–Crippen MR) is 75.6 cm³/mol. The van der Waals surface area contributed by atoms with E-state index in [1.807, 2.05) is 6.92 Å². The van der Waals surface area contributed by atoms with Crippen molar-refractivity contribution in [3.63, 3.8) is 0 Å². The van der Waals surface area contributed by atoms with Crippen LogP contribution in [0.4, 0.5) is 0 Å². The molecule has 0 bridgehead atoms. The third-order valence-electron chi connectivity index (χ3n) is 3.02.